The largest absolute Gasteiger partial charge is 0.352 e. The molecule has 2 atom stereocenters. The van der Waals surface area contributed by atoms with Gasteiger partial charge in [-0.05, 0) is 37.2 Å². The van der Waals surface area contributed by atoms with Crippen LogP contribution in [-0.2, 0) is 17.6 Å². The van der Waals surface area contributed by atoms with Crippen molar-refractivity contribution in [2.45, 2.75) is 59.3 Å². The van der Waals surface area contributed by atoms with Crippen LogP contribution in [0.15, 0.2) is 0 Å². The number of fused-ring (bicyclic) bond motifs is 3. The maximum atomic E-state index is 11.7. The van der Waals surface area contributed by atoms with Crippen LogP contribution in [-0.4, -0.2) is 47.0 Å². The summed E-state index contributed by atoms with van der Waals surface area (Å²) in [5.41, 5.74) is 1.49. The van der Waals surface area contributed by atoms with Crippen molar-refractivity contribution in [2.24, 2.45) is 5.92 Å². The Hall–Kier alpha value is -1.69. The van der Waals surface area contributed by atoms with Gasteiger partial charge >= 0.3 is 0 Å². The monoisotopic (exact) mass is 386 g/mol. The lowest BCUT2D eigenvalue weighted by Gasteiger charge is -2.35. The average molecular weight is 387 g/mol. The number of thiophene rings is 1. The van der Waals surface area contributed by atoms with Gasteiger partial charge < -0.3 is 9.80 Å². The quantitative estimate of drug-likeness (QED) is 0.800. The highest BCUT2D eigenvalue weighted by Crippen LogP contribution is 2.41. The van der Waals surface area contributed by atoms with Gasteiger partial charge in [0.2, 0.25) is 5.91 Å². The minimum atomic E-state index is 0.171. The minimum Gasteiger partial charge on any atom is -0.352 e. The van der Waals surface area contributed by atoms with Crippen molar-refractivity contribution in [3.05, 3.63) is 16.3 Å². The predicted octanol–water partition coefficient (Wildman–Crippen LogP) is 4.00. The smallest absolute Gasteiger partial charge is 0.219 e. The van der Waals surface area contributed by atoms with Gasteiger partial charge in [-0.2, -0.15) is 0 Å². The zero-order chi connectivity index (χ0) is 19.1. The molecule has 0 saturated carbocycles. The molecule has 2 aromatic heterocycles. The number of nitrogens with zero attached hydrogens (tertiary/aromatic N) is 4. The second-order valence-corrected chi connectivity index (χ2v) is 9.32. The number of piperazine rings is 1. The van der Waals surface area contributed by atoms with Gasteiger partial charge in [0.1, 0.15) is 16.5 Å². The third-order valence-corrected chi connectivity index (χ3v) is 7.38. The molecule has 0 bridgehead atoms. The summed E-state index contributed by atoms with van der Waals surface area (Å²) < 4.78 is 0. The van der Waals surface area contributed by atoms with E-state index < -0.39 is 0 Å². The van der Waals surface area contributed by atoms with Gasteiger partial charge in [-0.1, -0.05) is 20.8 Å². The van der Waals surface area contributed by atoms with Crippen molar-refractivity contribution in [1.82, 2.24) is 14.9 Å². The highest BCUT2D eigenvalue weighted by molar-refractivity contribution is 7.19. The molecule has 27 heavy (non-hydrogen) atoms. The third-order valence-electron chi connectivity index (χ3n) is 6.23. The average Bonchev–Trinajstić information content (AvgIpc) is 3.03. The molecule has 2 aromatic rings. The van der Waals surface area contributed by atoms with Crippen LogP contribution < -0.4 is 4.90 Å². The number of carbonyl (C=O) groups is 1. The lowest BCUT2D eigenvalue weighted by molar-refractivity contribution is -0.129. The fourth-order valence-electron chi connectivity index (χ4n) is 4.20. The van der Waals surface area contributed by atoms with Gasteiger partial charge in [0.25, 0.3) is 0 Å². The first-order chi connectivity index (χ1) is 13.0. The van der Waals surface area contributed by atoms with Crippen LogP contribution in [0.2, 0.25) is 0 Å². The first-order valence-corrected chi connectivity index (χ1v) is 11.1. The van der Waals surface area contributed by atoms with Crippen LogP contribution in [0.5, 0.6) is 0 Å². The number of amides is 1. The molecule has 0 radical (unpaired) electrons. The summed E-state index contributed by atoms with van der Waals surface area (Å²) in [4.78, 5) is 28.8. The van der Waals surface area contributed by atoms with Crippen molar-refractivity contribution in [2.75, 3.05) is 31.1 Å². The number of hydrogen-bond acceptors (Lipinski definition) is 5. The van der Waals surface area contributed by atoms with Gasteiger partial charge in [0, 0.05) is 43.9 Å². The standard InChI is InChI=1S/C21H30N4OS/c1-5-14(3)19-22-20(25-10-8-24(9-11-25)15(4)26)18-16-7-6-13(2)12-17(16)27-21(18)23-19/h13-14H,5-12H2,1-4H3. The maximum Gasteiger partial charge on any atom is 0.219 e. The Labute approximate surface area is 165 Å². The lowest BCUT2D eigenvalue weighted by Crippen LogP contribution is -2.48. The second kappa shape index (κ2) is 7.38. The molecule has 0 N–H and O–H groups in total. The normalized spacial score (nSPS) is 21.4. The molecule has 3 heterocycles. The van der Waals surface area contributed by atoms with E-state index in [1.54, 1.807) is 6.92 Å². The summed E-state index contributed by atoms with van der Waals surface area (Å²) in [7, 11) is 0. The number of anilines is 1. The molecule has 0 spiro atoms. The SMILES string of the molecule is CCC(C)c1nc(N2CCN(C(C)=O)CC2)c2c3c(sc2n1)CC(C)CC3. The highest BCUT2D eigenvalue weighted by Gasteiger charge is 2.28. The molecular formula is C21H30N4OS. The molecule has 4 rings (SSSR count). The molecule has 6 heteroatoms. The van der Waals surface area contributed by atoms with Crippen molar-refractivity contribution in [3.63, 3.8) is 0 Å². The van der Waals surface area contributed by atoms with E-state index in [2.05, 4.69) is 25.7 Å². The molecule has 1 saturated heterocycles. The molecule has 1 aliphatic heterocycles. The summed E-state index contributed by atoms with van der Waals surface area (Å²) >= 11 is 1.89. The van der Waals surface area contributed by atoms with Crippen molar-refractivity contribution in [3.8, 4) is 0 Å². The zero-order valence-corrected chi connectivity index (χ0v) is 17.7. The van der Waals surface area contributed by atoms with E-state index in [1.165, 1.54) is 33.5 Å². The molecule has 0 aromatic carbocycles. The van der Waals surface area contributed by atoms with E-state index in [-0.39, 0.29) is 5.91 Å². The number of aryl methyl sites for hydroxylation is 1. The molecule has 1 aliphatic carbocycles. The van der Waals surface area contributed by atoms with E-state index in [4.69, 9.17) is 9.97 Å². The molecule has 2 aliphatic rings. The molecule has 5 nitrogen and oxygen atoms in total. The fourth-order valence-corrected chi connectivity index (χ4v) is 5.59. The van der Waals surface area contributed by atoms with Crippen molar-refractivity contribution in [1.29, 1.82) is 0 Å². The van der Waals surface area contributed by atoms with E-state index in [1.807, 2.05) is 16.2 Å². The summed E-state index contributed by atoms with van der Waals surface area (Å²) in [6.45, 7) is 11.7. The van der Waals surface area contributed by atoms with Crippen LogP contribution >= 0.6 is 11.3 Å². The Morgan fingerprint density at radius 3 is 2.67 bits per heavy atom. The van der Waals surface area contributed by atoms with Crippen LogP contribution in [0.1, 0.15) is 62.7 Å². The van der Waals surface area contributed by atoms with Crippen molar-refractivity contribution >= 4 is 33.3 Å². The molecule has 2 unspecified atom stereocenters. The maximum absolute atomic E-state index is 11.7. The molecule has 146 valence electrons. The number of aromatic nitrogens is 2. The summed E-state index contributed by atoms with van der Waals surface area (Å²) in [6, 6.07) is 0. The lowest BCUT2D eigenvalue weighted by atomic mass is 9.89. The molecule has 1 amide bonds. The van der Waals surface area contributed by atoms with Crippen LogP contribution in [0.25, 0.3) is 10.2 Å². The summed E-state index contributed by atoms with van der Waals surface area (Å²) in [5, 5.41) is 1.30. The van der Waals surface area contributed by atoms with Crippen LogP contribution in [0, 0.1) is 5.92 Å². The molecule has 1 fully saturated rings. The Bertz CT molecular complexity index is 853. The first-order valence-electron chi connectivity index (χ1n) is 10.3. The van der Waals surface area contributed by atoms with E-state index >= 15 is 0 Å². The van der Waals surface area contributed by atoms with Gasteiger partial charge in [0.15, 0.2) is 0 Å². The fraction of sp³-hybridized carbons (Fsp3) is 0.667. The third kappa shape index (κ3) is 3.44. The zero-order valence-electron chi connectivity index (χ0n) is 16.9. The van der Waals surface area contributed by atoms with Crippen LogP contribution in [0.4, 0.5) is 5.82 Å². The van der Waals surface area contributed by atoms with E-state index in [0.717, 1.165) is 56.6 Å². The predicted molar refractivity (Wildman–Crippen MR) is 112 cm³/mol. The summed E-state index contributed by atoms with van der Waals surface area (Å²) in [5.74, 6) is 3.38. The topological polar surface area (TPSA) is 49.3 Å². The minimum absolute atomic E-state index is 0.171. The Balaban J connectivity index is 1.78. The Kier molecular flexibility index (Phi) is 5.10. The molecular weight excluding hydrogens is 356 g/mol. The van der Waals surface area contributed by atoms with Gasteiger partial charge in [0.05, 0.1) is 5.39 Å². The second-order valence-electron chi connectivity index (χ2n) is 8.24. The van der Waals surface area contributed by atoms with E-state index in [0.29, 0.717) is 5.92 Å². The Morgan fingerprint density at radius 2 is 2.00 bits per heavy atom. The first kappa shape index (κ1) is 18.7. The van der Waals surface area contributed by atoms with Crippen molar-refractivity contribution < 1.29 is 4.79 Å². The van der Waals surface area contributed by atoms with Gasteiger partial charge in [-0.3, -0.25) is 4.79 Å². The van der Waals surface area contributed by atoms with Gasteiger partial charge in [-0.25, -0.2) is 9.97 Å². The summed E-state index contributed by atoms with van der Waals surface area (Å²) in [6.07, 6.45) is 4.62. The number of rotatable bonds is 3. The number of carbonyl (C=O) groups excluding carboxylic acids is 1. The van der Waals surface area contributed by atoms with Gasteiger partial charge in [-0.15, -0.1) is 11.3 Å². The number of hydrogen-bond donors (Lipinski definition) is 0. The van der Waals surface area contributed by atoms with Crippen LogP contribution in [0.3, 0.4) is 0 Å². The highest BCUT2D eigenvalue weighted by atomic mass is 32.1. The van der Waals surface area contributed by atoms with E-state index in [9.17, 15) is 4.79 Å². The Morgan fingerprint density at radius 1 is 1.26 bits per heavy atom.